The van der Waals surface area contributed by atoms with E-state index in [4.69, 9.17) is 0 Å². The predicted molar refractivity (Wildman–Crippen MR) is 76.1 cm³/mol. The molecule has 0 bridgehead atoms. The van der Waals surface area contributed by atoms with Crippen LogP contribution >= 0.6 is 31.9 Å². The lowest BCUT2D eigenvalue weighted by Gasteiger charge is -2.20. The van der Waals surface area contributed by atoms with Gasteiger partial charge in [-0.05, 0) is 18.6 Å². The molecule has 3 N–H and O–H groups in total. The topological polar surface area (TPSA) is 69.6 Å². The van der Waals surface area contributed by atoms with Gasteiger partial charge < -0.3 is 15.5 Å². The van der Waals surface area contributed by atoms with Gasteiger partial charge in [-0.15, -0.1) is 0 Å². The van der Waals surface area contributed by atoms with Gasteiger partial charge in [0, 0.05) is 28.0 Å². The van der Waals surface area contributed by atoms with Gasteiger partial charge in [0.2, 0.25) is 5.91 Å². The van der Waals surface area contributed by atoms with Crippen molar-refractivity contribution in [1.29, 1.82) is 0 Å². The fourth-order valence-electron chi connectivity index (χ4n) is 1.58. The SMILES string of the molecule is CC(=O)NCCC(O)C(O)c1c(Br)cc(F)cc1Br. The average molecular weight is 399 g/mol. The van der Waals surface area contributed by atoms with E-state index >= 15 is 0 Å². The molecule has 7 heteroatoms. The number of amides is 1. The summed E-state index contributed by atoms with van der Waals surface area (Å²) >= 11 is 6.29. The number of halogens is 3. The molecule has 19 heavy (non-hydrogen) atoms. The van der Waals surface area contributed by atoms with Gasteiger partial charge in [-0.25, -0.2) is 4.39 Å². The molecule has 0 heterocycles. The summed E-state index contributed by atoms with van der Waals surface area (Å²) in [6.07, 6.45) is -2.06. The van der Waals surface area contributed by atoms with Gasteiger partial charge in [0.25, 0.3) is 0 Å². The summed E-state index contributed by atoms with van der Waals surface area (Å²) in [4.78, 5) is 10.7. The molecule has 1 aromatic rings. The lowest BCUT2D eigenvalue weighted by molar-refractivity contribution is -0.119. The third-order valence-electron chi connectivity index (χ3n) is 2.52. The Kier molecular flexibility index (Phi) is 6.38. The van der Waals surface area contributed by atoms with Crippen LogP contribution in [0.3, 0.4) is 0 Å². The van der Waals surface area contributed by atoms with Gasteiger partial charge in [-0.1, -0.05) is 31.9 Å². The molecule has 0 aliphatic heterocycles. The Bertz CT molecular complexity index is 447. The number of benzene rings is 1. The van der Waals surface area contributed by atoms with Gasteiger partial charge in [0.05, 0.1) is 6.10 Å². The van der Waals surface area contributed by atoms with E-state index in [0.29, 0.717) is 14.5 Å². The van der Waals surface area contributed by atoms with E-state index < -0.39 is 18.0 Å². The minimum atomic E-state index is -1.18. The molecule has 0 aromatic heterocycles. The summed E-state index contributed by atoms with van der Waals surface area (Å²) in [6.45, 7) is 1.62. The molecule has 106 valence electrons. The molecule has 0 spiro atoms. The van der Waals surface area contributed by atoms with Crippen molar-refractivity contribution < 1.29 is 19.4 Å². The Morgan fingerprint density at radius 1 is 1.37 bits per heavy atom. The fraction of sp³-hybridized carbons (Fsp3) is 0.417. The van der Waals surface area contributed by atoms with E-state index in [9.17, 15) is 19.4 Å². The van der Waals surface area contributed by atoms with Crippen molar-refractivity contribution in [2.75, 3.05) is 6.54 Å². The first kappa shape index (κ1) is 16.6. The zero-order valence-corrected chi connectivity index (χ0v) is 13.3. The van der Waals surface area contributed by atoms with Crippen LogP contribution in [0.5, 0.6) is 0 Å². The molecule has 2 unspecified atom stereocenters. The lowest BCUT2D eigenvalue weighted by atomic mass is 10.0. The largest absolute Gasteiger partial charge is 0.390 e. The van der Waals surface area contributed by atoms with Gasteiger partial charge in [-0.3, -0.25) is 4.79 Å². The average Bonchev–Trinajstić information content (AvgIpc) is 2.26. The van der Waals surface area contributed by atoms with Crippen LogP contribution in [0.15, 0.2) is 21.1 Å². The zero-order valence-electron chi connectivity index (χ0n) is 10.2. The van der Waals surface area contributed by atoms with Gasteiger partial charge in [0.15, 0.2) is 0 Å². The third kappa shape index (κ3) is 4.83. The van der Waals surface area contributed by atoms with Gasteiger partial charge >= 0.3 is 0 Å². The second-order valence-electron chi connectivity index (χ2n) is 4.07. The highest BCUT2D eigenvalue weighted by atomic mass is 79.9. The molecule has 0 radical (unpaired) electrons. The molecule has 1 aromatic carbocycles. The molecule has 0 fully saturated rings. The second-order valence-corrected chi connectivity index (χ2v) is 5.78. The molecule has 1 amide bonds. The van der Waals surface area contributed by atoms with Crippen LogP contribution in [0.25, 0.3) is 0 Å². The number of carbonyl (C=O) groups excluding carboxylic acids is 1. The Labute approximate surface area is 127 Å². The standard InChI is InChI=1S/C12H14Br2FNO3/c1-6(17)16-3-2-10(18)12(19)11-8(13)4-7(15)5-9(11)14/h4-5,10,12,18-19H,2-3H2,1H3,(H,16,17). The fourth-order valence-corrected chi connectivity index (χ4v) is 3.18. The maximum Gasteiger partial charge on any atom is 0.216 e. The van der Waals surface area contributed by atoms with Crippen LogP contribution in [-0.4, -0.2) is 28.8 Å². The number of aliphatic hydroxyl groups excluding tert-OH is 2. The molecule has 0 saturated carbocycles. The highest BCUT2D eigenvalue weighted by molar-refractivity contribution is 9.11. The van der Waals surface area contributed by atoms with Crippen molar-refractivity contribution in [2.45, 2.75) is 25.6 Å². The van der Waals surface area contributed by atoms with E-state index in [2.05, 4.69) is 37.2 Å². The Morgan fingerprint density at radius 2 is 1.89 bits per heavy atom. The maximum absolute atomic E-state index is 13.1. The molecule has 1 rings (SSSR count). The predicted octanol–water partition coefficient (Wildman–Crippen LogP) is 2.27. The quantitative estimate of drug-likeness (QED) is 0.712. The maximum atomic E-state index is 13.1. The lowest BCUT2D eigenvalue weighted by Crippen LogP contribution is -2.28. The monoisotopic (exact) mass is 397 g/mol. The van der Waals surface area contributed by atoms with Gasteiger partial charge in [0.1, 0.15) is 11.9 Å². The molecule has 0 aliphatic carbocycles. The number of hydrogen-bond acceptors (Lipinski definition) is 3. The summed E-state index contributed by atoms with van der Waals surface area (Å²) in [5.41, 5.74) is 0.372. The van der Waals surface area contributed by atoms with Crippen LogP contribution in [0.4, 0.5) is 4.39 Å². The van der Waals surface area contributed by atoms with Crippen LogP contribution in [0.1, 0.15) is 25.0 Å². The van der Waals surface area contributed by atoms with Crippen molar-refractivity contribution in [3.05, 3.63) is 32.5 Å². The number of hydrogen-bond donors (Lipinski definition) is 3. The van der Waals surface area contributed by atoms with Gasteiger partial charge in [-0.2, -0.15) is 0 Å². The van der Waals surface area contributed by atoms with Crippen LogP contribution in [0.2, 0.25) is 0 Å². The minimum absolute atomic E-state index is 0.191. The van der Waals surface area contributed by atoms with E-state index in [1.807, 2.05) is 0 Å². The van der Waals surface area contributed by atoms with E-state index in [1.54, 1.807) is 0 Å². The van der Waals surface area contributed by atoms with Crippen molar-refractivity contribution in [3.63, 3.8) is 0 Å². The third-order valence-corrected chi connectivity index (χ3v) is 3.83. The van der Waals surface area contributed by atoms with Crippen LogP contribution in [-0.2, 0) is 4.79 Å². The molecular weight excluding hydrogens is 385 g/mol. The first-order chi connectivity index (χ1) is 8.82. The van der Waals surface area contributed by atoms with Crippen LogP contribution in [0, 0.1) is 5.82 Å². The number of nitrogens with one attached hydrogen (secondary N) is 1. The first-order valence-electron chi connectivity index (χ1n) is 5.58. The smallest absolute Gasteiger partial charge is 0.216 e. The molecule has 2 atom stereocenters. The Hall–Kier alpha value is -0.500. The second kappa shape index (κ2) is 7.33. The van der Waals surface area contributed by atoms with Crippen molar-refractivity contribution in [3.8, 4) is 0 Å². The highest BCUT2D eigenvalue weighted by Crippen LogP contribution is 2.34. The summed E-state index contributed by atoms with van der Waals surface area (Å²) < 4.78 is 13.8. The number of carbonyl (C=O) groups is 1. The van der Waals surface area contributed by atoms with Crippen molar-refractivity contribution in [1.82, 2.24) is 5.32 Å². The summed E-state index contributed by atoms with van der Waals surface area (Å²) in [5.74, 6) is -0.659. The summed E-state index contributed by atoms with van der Waals surface area (Å²) in [7, 11) is 0. The van der Waals surface area contributed by atoms with E-state index in [1.165, 1.54) is 19.1 Å². The zero-order chi connectivity index (χ0) is 14.6. The van der Waals surface area contributed by atoms with Crippen molar-refractivity contribution in [2.24, 2.45) is 0 Å². The minimum Gasteiger partial charge on any atom is -0.390 e. The molecular formula is C12H14Br2FNO3. The number of rotatable bonds is 5. The normalized spacial score (nSPS) is 14.0. The molecule has 0 saturated heterocycles. The Morgan fingerprint density at radius 3 is 2.37 bits per heavy atom. The highest BCUT2D eigenvalue weighted by Gasteiger charge is 2.23. The molecule has 4 nitrogen and oxygen atoms in total. The summed E-state index contributed by atoms with van der Waals surface area (Å²) in [5, 5.41) is 22.5. The first-order valence-corrected chi connectivity index (χ1v) is 7.16. The summed E-state index contributed by atoms with van der Waals surface area (Å²) in [6, 6.07) is 2.42. The number of aliphatic hydroxyl groups is 2. The van der Waals surface area contributed by atoms with Crippen molar-refractivity contribution >= 4 is 37.8 Å². The van der Waals surface area contributed by atoms with E-state index in [-0.39, 0.29) is 18.9 Å². The molecule has 0 aliphatic rings. The van der Waals surface area contributed by atoms with Crippen LogP contribution < -0.4 is 5.32 Å². The Balaban J connectivity index is 2.76. The van der Waals surface area contributed by atoms with E-state index in [0.717, 1.165) is 0 Å².